The number of methoxy groups -OCH3 is 1. The molecule has 0 bridgehead atoms. The summed E-state index contributed by atoms with van der Waals surface area (Å²) in [4.78, 5) is 39.8. The lowest BCUT2D eigenvalue weighted by Crippen LogP contribution is -3.17. The highest BCUT2D eigenvalue weighted by Crippen LogP contribution is 2.28. The number of esters is 1. The molecule has 2 amide bonds. The number of quaternary nitrogens is 1. The summed E-state index contributed by atoms with van der Waals surface area (Å²) in [6, 6.07) is 14.7. The van der Waals surface area contributed by atoms with Crippen molar-refractivity contribution in [2.45, 2.75) is 19.0 Å². The van der Waals surface area contributed by atoms with E-state index in [0.717, 1.165) is 16.0 Å². The molecule has 2 atom stereocenters. The Balaban J connectivity index is 1.59. The number of benzene rings is 2. The van der Waals surface area contributed by atoms with Crippen molar-refractivity contribution in [1.29, 1.82) is 0 Å². The number of rotatable bonds is 3. The highest BCUT2D eigenvalue weighted by molar-refractivity contribution is 6.10. The molecule has 2 aromatic rings. The molecule has 1 unspecified atom stereocenters. The van der Waals surface area contributed by atoms with Gasteiger partial charge in [0.05, 0.1) is 18.5 Å². The lowest BCUT2D eigenvalue weighted by molar-refractivity contribution is -0.924. The third-order valence-corrected chi connectivity index (χ3v) is 5.39. The Labute approximate surface area is 162 Å². The van der Waals surface area contributed by atoms with Crippen LogP contribution >= 0.6 is 0 Å². The quantitative estimate of drug-likeness (QED) is 0.744. The standard InChI is InChI=1S/C21H21N3O4/c1-28-21(27)18-10-14-6-2-3-7-15(14)11-23(18)13-20(26)24-12-19(25)22-16-8-4-5-9-17(16)24/h2-9,18H,10-13H2,1H3,(H,22,25)/p+1/t18-/m1/s1. The summed E-state index contributed by atoms with van der Waals surface area (Å²) >= 11 is 0. The first kappa shape index (κ1) is 18.2. The van der Waals surface area contributed by atoms with Gasteiger partial charge in [0, 0.05) is 12.0 Å². The Morgan fingerprint density at radius 1 is 1.14 bits per heavy atom. The summed E-state index contributed by atoms with van der Waals surface area (Å²) in [5.74, 6) is -0.741. The van der Waals surface area contributed by atoms with Gasteiger partial charge in [-0.25, -0.2) is 4.79 Å². The third-order valence-electron chi connectivity index (χ3n) is 5.39. The molecule has 144 valence electrons. The molecule has 2 aliphatic rings. The first-order valence-corrected chi connectivity index (χ1v) is 9.25. The van der Waals surface area contributed by atoms with Crippen LogP contribution in [0.3, 0.4) is 0 Å². The smallest absolute Gasteiger partial charge is 0.365 e. The second kappa shape index (κ2) is 7.44. The monoisotopic (exact) mass is 380 g/mol. The molecule has 0 fully saturated rings. The Morgan fingerprint density at radius 2 is 1.86 bits per heavy atom. The van der Waals surface area contributed by atoms with Crippen LogP contribution in [0, 0.1) is 0 Å². The van der Waals surface area contributed by atoms with Gasteiger partial charge in [0.25, 0.3) is 5.91 Å². The van der Waals surface area contributed by atoms with Gasteiger partial charge in [-0.1, -0.05) is 36.4 Å². The number of anilines is 2. The number of nitrogens with one attached hydrogen (secondary N) is 2. The van der Waals surface area contributed by atoms with Crippen LogP contribution in [0.5, 0.6) is 0 Å². The molecule has 0 aromatic heterocycles. The Morgan fingerprint density at radius 3 is 2.64 bits per heavy atom. The van der Waals surface area contributed by atoms with E-state index in [-0.39, 0.29) is 30.9 Å². The zero-order valence-corrected chi connectivity index (χ0v) is 15.6. The fourth-order valence-corrected chi connectivity index (χ4v) is 3.98. The summed E-state index contributed by atoms with van der Waals surface area (Å²) in [7, 11) is 1.37. The lowest BCUT2D eigenvalue weighted by Gasteiger charge is -2.34. The first-order valence-electron chi connectivity index (χ1n) is 9.25. The van der Waals surface area contributed by atoms with Crippen molar-refractivity contribution in [1.82, 2.24) is 0 Å². The first-order chi connectivity index (χ1) is 13.6. The Bertz CT molecular complexity index is 943. The number of carbonyl (C=O) groups is 3. The van der Waals surface area contributed by atoms with Crippen molar-refractivity contribution in [2.24, 2.45) is 0 Å². The molecule has 0 aliphatic carbocycles. The zero-order valence-electron chi connectivity index (χ0n) is 15.6. The fraction of sp³-hybridized carbons (Fsp3) is 0.286. The summed E-state index contributed by atoms with van der Waals surface area (Å²) < 4.78 is 4.99. The summed E-state index contributed by atoms with van der Waals surface area (Å²) in [5.41, 5.74) is 3.54. The summed E-state index contributed by atoms with van der Waals surface area (Å²) in [5, 5.41) is 2.78. The number of fused-ring (bicyclic) bond motifs is 2. The van der Waals surface area contributed by atoms with E-state index in [2.05, 4.69) is 5.32 Å². The number of carbonyl (C=O) groups excluding carboxylic acids is 3. The van der Waals surface area contributed by atoms with E-state index in [1.54, 1.807) is 6.07 Å². The van der Waals surface area contributed by atoms with Gasteiger partial charge in [0.2, 0.25) is 5.91 Å². The topological polar surface area (TPSA) is 80.2 Å². The molecule has 28 heavy (non-hydrogen) atoms. The minimum Gasteiger partial charge on any atom is -0.465 e. The van der Waals surface area contributed by atoms with Crippen molar-refractivity contribution in [3.05, 3.63) is 59.7 Å². The van der Waals surface area contributed by atoms with Crippen molar-refractivity contribution < 1.29 is 24.0 Å². The van der Waals surface area contributed by atoms with Crippen molar-refractivity contribution >= 4 is 29.2 Å². The van der Waals surface area contributed by atoms with E-state index in [1.165, 1.54) is 12.0 Å². The number of hydrogen-bond donors (Lipinski definition) is 2. The molecule has 0 spiro atoms. The van der Waals surface area contributed by atoms with E-state index in [0.29, 0.717) is 24.3 Å². The summed E-state index contributed by atoms with van der Waals surface area (Å²) in [6.45, 7) is 0.641. The maximum atomic E-state index is 13.1. The maximum absolute atomic E-state index is 13.1. The molecule has 2 aliphatic heterocycles. The Hall–Kier alpha value is -3.19. The van der Waals surface area contributed by atoms with E-state index >= 15 is 0 Å². The minimum absolute atomic E-state index is 0.0252. The number of hydrogen-bond acceptors (Lipinski definition) is 4. The Kier molecular flexibility index (Phi) is 4.83. The van der Waals surface area contributed by atoms with Gasteiger partial charge in [-0.2, -0.15) is 0 Å². The second-order valence-electron chi connectivity index (χ2n) is 7.11. The molecule has 0 saturated heterocycles. The largest absolute Gasteiger partial charge is 0.465 e. The molecular weight excluding hydrogens is 358 g/mol. The van der Waals surface area contributed by atoms with Crippen LogP contribution in [0.15, 0.2) is 48.5 Å². The average Bonchev–Trinajstić information content (AvgIpc) is 2.72. The maximum Gasteiger partial charge on any atom is 0.365 e. The molecule has 7 heteroatoms. The van der Waals surface area contributed by atoms with Crippen LogP contribution in [-0.2, 0) is 32.1 Å². The van der Waals surface area contributed by atoms with Gasteiger partial charge >= 0.3 is 5.97 Å². The number of para-hydroxylation sites is 2. The van der Waals surface area contributed by atoms with Gasteiger partial charge in [-0.05, 0) is 17.7 Å². The highest BCUT2D eigenvalue weighted by Gasteiger charge is 2.39. The van der Waals surface area contributed by atoms with Crippen LogP contribution in [0.4, 0.5) is 11.4 Å². The van der Waals surface area contributed by atoms with Crippen LogP contribution in [0.2, 0.25) is 0 Å². The van der Waals surface area contributed by atoms with Crippen molar-refractivity contribution in [3.8, 4) is 0 Å². The van der Waals surface area contributed by atoms with Crippen molar-refractivity contribution in [2.75, 3.05) is 30.4 Å². The molecule has 2 aromatic carbocycles. The molecule has 2 N–H and O–H groups in total. The molecule has 4 rings (SSSR count). The molecule has 7 nitrogen and oxygen atoms in total. The zero-order chi connectivity index (χ0) is 19.7. The second-order valence-corrected chi connectivity index (χ2v) is 7.11. The fourth-order valence-electron chi connectivity index (χ4n) is 3.98. The van der Waals surface area contributed by atoms with E-state index in [9.17, 15) is 14.4 Å². The normalized spacial score (nSPS) is 20.6. The highest BCUT2D eigenvalue weighted by atomic mass is 16.5. The van der Waals surface area contributed by atoms with Gasteiger partial charge in [-0.3, -0.25) is 14.5 Å². The number of ether oxygens (including phenoxy) is 1. The SMILES string of the molecule is COC(=O)[C@H]1Cc2ccccc2C[NH+]1CC(=O)N1CC(=O)Nc2ccccc21. The number of nitrogens with zero attached hydrogens (tertiary/aromatic N) is 1. The predicted octanol–water partition coefficient (Wildman–Crippen LogP) is 0.155. The van der Waals surface area contributed by atoms with Gasteiger partial charge < -0.3 is 15.0 Å². The molecular formula is C21H22N3O4+. The lowest BCUT2D eigenvalue weighted by atomic mass is 9.94. The summed E-state index contributed by atoms with van der Waals surface area (Å²) in [6.07, 6.45) is 0.530. The van der Waals surface area contributed by atoms with Crippen molar-refractivity contribution in [3.63, 3.8) is 0 Å². The number of amides is 2. The van der Waals surface area contributed by atoms with Crippen LogP contribution in [0.1, 0.15) is 11.1 Å². The minimum atomic E-state index is -0.447. The molecule has 0 saturated carbocycles. The van der Waals surface area contributed by atoms with Gasteiger partial charge in [0.15, 0.2) is 12.6 Å². The molecule has 0 radical (unpaired) electrons. The average molecular weight is 380 g/mol. The van der Waals surface area contributed by atoms with Gasteiger partial charge in [-0.15, -0.1) is 0 Å². The predicted molar refractivity (Wildman–Crippen MR) is 103 cm³/mol. The van der Waals surface area contributed by atoms with Crippen LogP contribution in [-0.4, -0.2) is 44.0 Å². The van der Waals surface area contributed by atoms with E-state index in [1.807, 2.05) is 42.5 Å². The van der Waals surface area contributed by atoms with E-state index in [4.69, 9.17) is 4.74 Å². The van der Waals surface area contributed by atoms with Crippen LogP contribution in [0.25, 0.3) is 0 Å². The van der Waals surface area contributed by atoms with Crippen LogP contribution < -0.4 is 15.1 Å². The molecule has 2 heterocycles. The van der Waals surface area contributed by atoms with E-state index < -0.39 is 6.04 Å². The third kappa shape index (κ3) is 3.36. The van der Waals surface area contributed by atoms with Gasteiger partial charge in [0.1, 0.15) is 13.1 Å².